The van der Waals surface area contributed by atoms with E-state index >= 15 is 0 Å². The smallest absolute Gasteiger partial charge is 0.416 e. The monoisotopic (exact) mass is 529 g/mol. The van der Waals surface area contributed by atoms with E-state index < -0.39 is 22.4 Å². The Morgan fingerprint density at radius 3 is 2.35 bits per heavy atom. The maximum absolute atomic E-state index is 12.9. The van der Waals surface area contributed by atoms with Gasteiger partial charge in [0.1, 0.15) is 11.5 Å². The van der Waals surface area contributed by atoms with Gasteiger partial charge in [0.25, 0.3) is 5.91 Å². The number of carbonyl (C=O) groups is 1. The molecule has 1 saturated heterocycles. The Kier molecular flexibility index (Phi) is 7.48. The standard InChI is InChI=1S/C25H18F3N3O5S/c1-2-35-18-10-6-17(7-11-18)29-24-30-23(32)22(37-24)13-15-3-8-19(9-4-15)36-21-12-5-16(25(26,27)28)14-20(21)31(33)34/h3-14H,2H2,1H3,(H,29,30,32)/b22-13-. The molecule has 0 aliphatic carbocycles. The van der Waals surface area contributed by atoms with E-state index in [1.165, 1.54) is 12.1 Å². The highest BCUT2D eigenvalue weighted by Gasteiger charge is 2.33. The van der Waals surface area contributed by atoms with Crippen molar-refractivity contribution < 1.29 is 32.4 Å². The van der Waals surface area contributed by atoms with Gasteiger partial charge in [-0.1, -0.05) is 12.1 Å². The number of alkyl halides is 3. The summed E-state index contributed by atoms with van der Waals surface area (Å²) in [6.45, 7) is 2.44. The van der Waals surface area contributed by atoms with Crippen molar-refractivity contribution in [2.75, 3.05) is 6.61 Å². The highest BCUT2D eigenvalue weighted by atomic mass is 32.2. The van der Waals surface area contributed by atoms with Crippen molar-refractivity contribution >= 4 is 40.3 Å². The number of halogens is 3. The summed E-state index contributed by atoms with van der Waals surface area (Å²) in [7, 11) is 0. The summed E-state index contributed by atoms with van der Waals surface area (Å²) in [6.07, 6.45) is -3.09. The minimum Gasteiger partial charge on any atom is -0.494 e. The molecule has 0 unspecified atom stereocenters. The molecule has 0 bridgehead atoms. The van der Waals surface area contributed by atoms with Crippen molar-refractivity contribution in [2.24, 2.45) is 4.99 Å². The number of aliphatic imine (C=N–C) groups is 1. The molecule has 3 aromatic carbocycles. The second-order valence-electron chi connectivity index (χ2n) is 7.52. The zero-order valence-corrected chi connectivity index (χ0v) is 19.9. The number of ether oxygens (including phenoxy) is 2. The van der Waals surface area contributed by atoms with Gasteiger partial charge in [-0.15, -0.1) is 0 Å². The van der Waals surface area contributed by atoms with Crippen LogP contribution in [-0.4, -0.2) is 22.6 Å². The minimum absolute atomic E-state index is 0.172. The van der Waals surface area contributed by atoms with Gasteiger partial charge in [0.15, 0.2) is 5.17 Å². The van der Waals surface area contributed by atoms with E-state index in [1.54, 1.807) is 42.5 Å². The van der Waals surface area contributed by atoms with Gasteiger partial charge in [0.05, 0.1) is 27.7 Å². The molecule has 0 saturated carbocycles. The summed E-state index contributed by atoms with van der Waals surface area (Å²) in [6, 6.07) is 15.3. The van der Waals surface area contributed by atoms with Crippen LogP contribution >= 0.6 is 11.8 Å². The Labute approximate surface area is 213 Å². The van der Waals surface area contributed by atoms with E-state index in [0.29, 0.717) is 40.1 Å². The second-order valence-corrected chi connectivity index (χ2v) is 8.55. The highest BCUT2D eigenvalue weighted by molar-refractivity contribution is 8.18. The quantitative estimate of drug-likeness (QED) is 0.208. The van der Waals surface area contributed by atoms with Crippen molar-refractivity contribution in [3.05, 3.63) is 92.9 Å². The van der Waals surface area contributed by atoms with Crippen LogP contribution in [0.15, 0.2) is 76.6 Å². The van der Waals surface area contributed by atoms with Gasteiger partial charge >= 0.3 is 11.9 Å². The fraction of sp³-hybridized carbons (Fsp3) is 0.120. The van der Waals surface area contributed by atoms with Crippen LogP contribution in [0.25, 0.3) is 6.08 Å². The minimum atomic E-state index is -4.72. The molecule has 1 N–H and O–H groups in total. The van der Waals surface area contributed by atoms with E-state index in [0.717, 1.165) is 23.6 Å². The third kappa shape index (κ3) is 6.47. The molecule has 0 radical (unpaired) electrons. The number of nitro groups is 1. The van der Waals surface area contributed by atoms with Gasteiger partial charge in [0.2, 0.25) is 5.75 Å². The maximum atomic E-state index is 12.9. The SMILES string of the molecule is CCOc1ccc(N=C2NC(=O)/C(=C/c3ccc(Oc4ccc(C(F)(F)F)cc4[N+](=O)[O-])cc3)S2)cc1. The lowest BCUT2D eigenvalue weighted by atomic mass is 10.1. The summed E-state index contributed by atoms with van der Waals surface area (Å²) in [5.74, 6) is 0.238. The number of nitro benzene ring substituents is 1. The van der Waals surface area contributed by atoms with Gasteiger partial charge in [-0.25, -0.2) is 4.99 Å². The molecule has 0 atom stereocenters. The normalized spacial score (nSPS) is 15.6. The molecule has 8 nitrogen and oxygen atoms in total. The molecule has 37 heavy (non-hydrogen) atoms. The highest BCUT2D eigenvalue weighted by Crippen LogP contribution is 2.38. The van der Waals surface area contributed by atoms with E-state index in [-0.39, 0.29) is 17.4 Å². The fourth-order valence-corrected chi connectivity index (χ4v) is 4.06. The Bertz CT molecular complexity index is 1390. The summed E-state index contributed by atoms with van der Waals surface area (Å²) in [4.78, 5) is 27.5. The topological polar surface area (TPSA) is 103 Å². The molecule has 1 aliphatic heterocycles. The first-order chi connectivity index (χ1) is 17.6. The molecule has 12 heteroatoms. The van der Waals surface area contributed by atoms with Gasteiger partial charge in [-0.2, -0.15) is 13.2 Å². The van der Waals surface area contributed by atoms with E-state index in [2.05, 4.69) is 10.3 Å². The number of amides is 1. The first kappa shape index (κ1) is 25.8. The molecule has 4 rings (SSSR count). The number of benzene rings is 3. The van der Waals surface area contributed by atoms with Crippen molar-refractivity contribution in [1.82, 2.24) is 5.32 Å². The van der Waals surface area contributed by atoms with Gasteiger partial charge in [-0.3, -0.25) is 14.9 Å². The summed E-state index contributed by atoms with van der Waals surface area (Å²) in [5.41, 5.74) is -0.675. The molecule has 3 aromatic rings. The van der Waals surface area contributed by atoms with Crippen molar-refractivity contribution in [3.63, 3.8) is 0 Å². The molecular weight excluding hydrogens is 511 g/mol. The Morgan fingerprint density at radius 1 is 1.05 bits per heavy atom. The number of hydrogen-bond acceptors (Lipinski definition) is 7. The molecule has 1 heterocycles. The lowest BCUT2D eigenvalue weighted by Gasteiger charge is -2.10. The largest absolute Gasteiger partial charge is 0.494 e. The molecule has 1 fully saturated rings. The van der Waals surface area contributed by atoms with Crippen LogP contribution in [0.1, 0.15) is 18.1 Å². The first-order valence-corrected chi connectivity index (χ1v) is 11.6. The summed E-state index contributed by atoms with van der Waals surface area (Å²) >= 11 is 1.16. The average molecular weight is 529 g/mol. The molecule has 1 amide bonds. The third-order valence-corrected chi connectivity index (χ3v) is 5.83. The van der Waals surface area contributed by atoms with Crippen LogP contribution in [0.5, 0.6) is 17.2 Å². The zero-order chi connectivity index (χ0) is 26.6. The molecule has 0 spiro atoms. The zero-order valence-electron chi connectivity index (χ0n) is 19.1. The number of rotatable bonds is 7. The van der Waals surface area contributed by atoms with E-state index in [9.17, 15) is 28.1 Å². The summed E-state index contributed by atoms with van der Waals surface area (Å²) in [5, 5.41) is 14.4. The van der Waals surface area contributed by atoms with E-state index in [1.807, 2.05) is 6.92 Å². The van der Waals surface area contributed by atoms with Crippen LogP contribution in [0.2, 0.25) is 0 Å². The molecular formula is C25H18F3N3O5S. The van der Waals surface area contributed by atoms with Crippen LogP contribution < -0.4 is 14.8 Å². The lowest BCUT2D eigenvalue weighted by Crippen LogP contribution is -2.19. The number of nitrogens with one attached hydrogen (secondary N) is 1. The third-order valence-electron chi connectivity index (χ3n) is 4.92. The van der Waals surface area contributed by atoms with Crippen LogP contribution in [-0.2, 0) is 11.0 Å². The summed E-state index contributed by atoms with van der Waals surface area (Å²) < 4.78 is 49.5. The van der Waals surface area contributed by atoms with Crippen LogP contribution in [0.4, 0.5) is 24.5 Å². The Balaban J connectivity index is 1.46. The van der Waals surface area contributed by atoms with E-state index in [4.69, 9.17) is 9.47 Å². The Hall–Kier alpha value is -4.32. The number of nitrogens with zero attached hydrogens (tertiary/aromatic N) is 2. The van der Waals surface area contributed by atoms with Gasteiger partial charge < -0.3 is 14.8 Å². The molecule has 0 aromatic heterocycles. The first-order valence-electron chi connectivity index (χ1n) is 10.8. The van der Waals surface area contributed by atoms with Crippen molar-refractivity contribution in [1.29, 1.82) is 0 Å². The fourth-order valence-electron chi connectivity index (χ4n) is 3.21. The lowest BCUT2D eigenvalue weighted by molar-refractivity contribution is -0.385. The molecule has 1 aliphatic rings. The predicted molar refractivity (Wildman–Crippen MR) is 133 cm³/mol. The number of thioether (sulfide) groups is 1. The van der Waals surface area contributed by atoms with Gasteiger partial charge in [0, 0.05) is 6.07 Å². The van der Waals surface area contributed by atoms with Crippen LogP contribution in [0.3, 0.4) is 0 Å². The second kappa shape index (κ2) is 10.7. The number of carbonyl (C=O) groups excluding carboxylic acids is 1. The average Bonchev–Trinajstić information content (AvgIpc) is 3.19. The number of amidine groups is 1. The number of hydrogen-bond donors (Lipinski definition) is 1. The van der Waals surface area contributed by atoms with Crippen LogP contribution in [0, 0.1) is 10.1 Å². The molecule has 190 valence electrons. The maximum Gasteiger partial charge on any atom is 0.416 e. The van der Waals surface area contributed by atoms with Crippen molar-refractivity contribution in [2.45, 2.75) is 13.1 Å². The Morgan fingerprint density at radius 2 is 1.73 bits per heavy atom. The van der Waals surface area contributed by atoms with Gasteiger partial charge in [-0.05, 0) is 78.9 Å². The predicted octanol–water partition coefficient (Wildman–Crippen LogP) is 6.70. The van der Waals surface area contributed by atoms with Crippen molar-refractivity contribution in [3.8, 4) is 17.2 Å².